The standard InChI is InChI=1S/C30H28ClFN6O5S/c1-3-25(40)36-12-13-37(17(2)16-36)28-19-14-20(31)27(26-21(32)8-5-9-23(26)39)34-29(19)38(30(41)35-28)22-15-33-11-10-24(22)44(42,43)18-6-4-7-18/h3,5,8-11,14-15,17-18,39H,1,4,6-7,12-13,16H2,2H3/t17-/m0/s1. The van der Waals surface area contributed by atoms with Crippen LogP contribution in [0, 0.1) is 5.82 Å². The third-order valence-electron chi connectivity index (χ3n) is 8.22. The van der Waals surface area contributed by atoms with E-state index in [-0.39, 0.29) is 55.7 Å². The van der Waals surface area contributed by atoms with Gasteiger partial charge in [0.2, 0.25) is 5.91 Å². The number of carbonyl (C=O) groups excluding carboxylic acids is 1. The summed E-state index contributed by atoms with van der Waals surface area (Å²) >= 11 is 6.68. The van der Waals surface area contributed by atoms with Crippen LogP contribution in [-0.4, -0.2) is 74.8 Å². The van der Waals surface area contributed by atoms with Crippen LogP contribution in [0.2, 0.25) is 5.02 Å². The Morgan fingerprint density at radius 2 is 1.98 bits per heavy atom. The molecule has 3 aromatic heterocycles. The highest BCUT2D eigenvalue weighted by Gasteiger charge is 2.36. The van der Waals surface area contributed by atoms with Gasteiger partial charge in [0.1, 0.15) is 17.4 Å². The molecule has 1 N–H and O–H groups in total. The number of sulfone groups is 1. The smallest absolute Gasteiger partial charge is 0.355 e. The average Bonchev–Trinajstić information content (AvgIpc) is 2.96. The van der Waals surface area contributed by atoms with Gasteiger partial charge in [0.25, 0.3) is 0 Å². The minimum atomic E-state index is -3.84. The number of nitrogens with zero attached hydrogens (tertiary/aromatic N) is 6. The highest BCUT2D eigenvalue weighted by Crippen LogP contribution is 2.39. The Bertz CT molecular complexity index is 1980. The number of benzene rings is 1. The number of phenols is 1. The van der Waals surface area contributed by atoms with Crippen molar-refractivity contribution in [2.45, 2.75) is 42.4 Å². The number of rotatable bonds is 6. The molecule has 228 valence electrons. The molecule has 11 nitrogen and oxygen atoms in total. The molecule has 1 saturated heterocycles. The van der Waals surface area contributed by atoms with E-state index in [0.717, 1.165) is 17.1 Å². The number of phenolic OH excluding ortho intramolecular Hbond substituents is 1. The number of hydrogen-bond acceptors (Lipinski definition) is 9. The van der Waals surface area contributed by atoms with Gasteiger partial charge >= 0.3 is 5.69 Å². The molecule has 1 atom stereocenters. The van der Waals surface area contributed by atoms with Gasteiger partial charge < -0.3 is 14.9 Å². The van der Waals surface area contributed by atoms with Crippen molar-refractivity contribution >= 4 is 44.2 Å². The van der Waals surface area contributed by atoms with Gasteiger partial charge in [0.05, 0.1) is 43.7 Å². The molecule has 4 aromatic rings. The third-order valence-corrected chi connectivity index (χ3v) is 10.8. The highest BCUT2D eigenvalue weighted by atomic mass is 35.5. The lowest BCUT2D eigenvalue weighted by molar-refractivity contribution is -0.126. The molecule has 2 fully saturated rings. The van der Waals surface area contributed by atoms with Crippen LogP contribution in [0.25, 0.3) is 28.0 Å². The topological polar surface area (TPSA) is 139 Å². The monoisotopic (exact) mass is 638 g/mol. The van der Waals surface area contributed by atoms with Crippen molar-refractivity contribution in [2.24, 2.45) is 0 Å². The van der Waals surface area contributed by atoms with E-state index < -0.39 is 32.3 Å². The van der Waals surface area contributed by atoms with Crippen molar-refractivity contribution in [3.05, 3.63) is 76.7 Å². The van der Waals surface area contributed by atoms with Crippen LogP contribution in [0.3, 0.4) is 0 Å². The number of pyridine rings is 2. The minimum absolute atomic E-state index is 0.0345. The van der Waals surface area contributed by atoms with E-state index in [2.05, 4.69) is 21.5 Å². The summed E-state index contributed by atoms with van der Waals surface area (Å²) in [7, 11) is -3.84. The largest absolute Gasteiger partial charge is 0.507 e. The first kappa shape index (κ1) is 29.7. The molecule has 1 aliphatic heterocycles. The summed E-state index contributed by atoms with van der Waals surface area (Å²) < 4.78 is 43.3. The predicted octanol–water partition coefficient (Wildman–Crippen LogP) is 3.89. The predicted molar refractivity (Wildman–Crippen MR) is 163 cm³/mol. The molecule has 1 saturated carbocycles. The first-order valence-electron chi connectivity index (χ1n) is 14.0. The fourth-order valence-corrected chi connectivity index (χ4v) is 7.95. The van der Waals surface area contributed by atoms with Crippen LogP contribution in [0.1, 0.15) is 26.2 Å². The summed E-state index contributed by atoms with van der Waals surface area (Å²) in [6.45, 7) is 6.39. The summed E-state index contributed by atoms with van der Waals surface area (Å²) in [6, 6.07) is 6.26. The lowest BCUT2D eigenvalue weighted by atomic mass is 10.00. The summed E-state index contributed by atoms with van der Waals surface area (Å²) in [5.74, 6) is -1.23. The SMILES string of the molecule is C=CC(=O)N1CCN(c2nc(=O)n(-c3cnccc3S(=O)(=O)C3CCC3)c3nc(-c4c(O)cccc4F)c(Cl)cc23)[C@@H](C)C1. The third kappa shape index (κ3) is 4.89. The number of carbonyl (C=O) groups is 1. The van der Waals surface area contributed by atoms with Gasteiger partial charge in [-0.15, -0.1) is 0 Å². The number of fused-ring (bicyclic) bond motifs is 1. The molecule has 4 heterocycles. The van der Waals surface area contributed by atoms with E-state index in [1.165, 1.54) is 42.7 Å². The van der Waals surface area contributed by atoms with Gasteiger partial charge in [-0.25, -0.2) is 27.2 Å². The van der Waals surface area contributed by atoms with E-state index in [1.807, 2.05) is 11.8 Å². The van der Waals surface area contributed by atoms with Crippen molar-refractivity contribution in [1.29, 1.82) is 0 Å². The van der Waals surface area contributed by atoms with Crippen molar-refractivity contribution < 1.29 is 22.7 Å². The van der Waals surface area contributed by atoms with Gasteiger partial charge in [-0.05, 0) is 50.1 Å². The number of piperazine rings is 1. The molecular weight excluding hydrogens is 611 g/mol. The number of amides is 1. The lowest BCUT2D eigenvalue weighted by Crippen LogP contribution is -2.54. The molecule has 44 heavy (non-hydrogen) atoms. The first-order chi connectivity index (χ1) is 21.0. The Morgan fingerprint density at radius 3 is 2.64 bits per heavy atom. The quantitative estimate of drug-likeness (QED) is 0.312. The maximum Gasteiger partial charge on any atom is 0.355 e. The summed E-state index contributed by atoms with van der Waals surface area (Å²) in [4.78, 5) is 42.7. The second-order valence-electron chi connectivity index (χ2n) is 10.8. The Hall–Kier alpha value is -4.36. The van der Waals surface area contributed by atoms with Crippen molar-refractivity contribution in [3.63, 3.8) is 0 Å². The van der Waals surface area contributed by atoms with Gasteiger partial charge in [-0.1, -0.05) is 30.7 Å². The van der Waals surface area contributed by atoms with Gasteiger partial charge in [0.15, 0.2) is 15.5 Å². The van der Waals surface area contributed by atoms with E-state index in [1.54, 1.807) is 4.90 Å². The molecule has 14 heteroatoms. The molecule has 0 bridgehead atoms. The molecule has 0 radical (unpaired) electrons. The summed E-state index contributed by atoms with van der Waals surface area (Å²) in [5, 5.41) is 10.2. The number of aromatic nitrogens is 4. The molecule has 1 aromatic carbocycles. The zero-order valence-electron chi connectivity index (χ0n) is 23.7. The van der Waals surface area contributed by atoms with Gasteiger partial charge in [-0.2, -0.15) is 4.98 Å². The van der Waals surface area contributed by atoms with Crippen LogP contribution < -0.4 is 10.6 Å². The Labute approximate surface area is 257 Å². The van der Waals surface area contributed by atoms with Crippen molar-refractivity contribution in [2.75, 3.05) is 24.5 Å². The fraction of sp³-hybridized carbons (Fsp3) is 0.300. The molecule has 1 aliphatic carbocycles. The Morgan fingerprint density at radius 1 is 1.20 bits per heavy atom. The molecule has 1 amide bonds. The van der Waals surface area contributed by atoms with Crippen molar-refractivity contribution in [3.8, 4) is 22.7 Å². The number of halogens is 2. The lowest BCUT2D eigenvalue weighted by Gasteiger charge is -2.40. The Balaban J connectivity index is 1.63. The highest BCUT2D eigenvalue weighted by molar-refractivity contribution is 7.92. The molecular formula is C30H28ClFN6O5S. The number of hydrogen-bond donors (Lipinski definition) is 1. The number of aromatic hydroxyl groups is 1. The van der Waals surface area contributed by atoms with Crippen LogP contribution in [0.15, 0.2) is 65.1 Å². The first-order valence-corrected chi connectivity index (χ1v) is 15.9. The number of anilines is 1. The van der Waals surface area contributed by atoms with E-state index in [4.69, 9.17) is 11.6 Å². The van der Waals surface area contributed by atoms with Gasteiger partial charge in [0, 0.05) is 31.9 Å². The maximum absolute atomic E-state index is 15.0. The molecule has 6 rings (SSSR count). The van der Waals surface area contributed by atoms with Crippen LogP contribution >= 0.6 is 11.6 Å². The van der Waals surface area contributed by atoms with Crippen LogP contribution in [0.5, 0.6) is 5.75 Å². The van der Waals surface area contributed by atoms with E-state index in [9.17, 15) is 23.1 Å². The minimum Gasteiger partial charge on any atom is -0.507 e. The second kappa shape index (κ2) is 11.3. The zero-order chi connectivity index (χ0) is 31.3. The zero-order valence-corrected chi connectivity index (χ0v) is 25.2. The van der Waals surface area contributed by atoms with E-state index in [0.29, 0.717) is 32.5 Å². The second-order valence-corrected chi connectivity index (χ2v) is 13.5. The molecule has 0 spiro atoms. The van der Waals surface area contributed by atoms with Gasteiger partial charge in [-0.3, -0.25) is 9.78 Å². The molecule has 2 aliphatic rings. The fourth-order valence-electron chi connectivity index (χ4n) is 5.71. The molecule has 0 unspecified atom stereocenters. The summed E-state index contributed by atoms with van der Waals surface area (Å²) in [5.41, 5.74) is -1.39. The maximum atomic E-state index is 15.0. The average molecular weight is 639 g/mol. The summed E-state index contributed by atoms with van der Waals surface area (Å²) in [6.07, 6.45) is 5.61. The normalized spacial score (nSPS) is 17.5. The van der Waals surface area contributed by atoms with Crippen LogP contribution in [0.4, 0.5) is 10.2 Å². The van der Waals surface area contributed by atoms with Crippen molar-refractivity contribution in [1.82, 2.24) is 24.4 Å². The van der Waals surface area contributed by atoms with Crippen LogP contribution in [-0.2, 0) is 14.6 Å². The Kier molecular flexibility index (Phi) is 7.62. The van der Waals surface area contributed by atoms with E-state index >= 15 is 4.39 Å².